The molecule has 2 saturated heterocycles. The maximum atomic E-state index is 13.0. The summed E-state index contributed by atoms with van der Waals surface area (Å²) in [5, 5.41) is 17.1. The van der Waals surface area contributed by atoms with Gasteiger partial charge in [-0.25, -0.2) is 4.79 Å². The van der Waals surface area contributed by atoms with Crippen molar-refractivity contribution >= 4 is 28.7 Å². The number of piperidine rings is 1. The van der Waals surface area contributed by atoms with Crippen molar-refractivity contribution in [3.63, 3.8) is 0 Å². The van der Waals surface area contributed by atoms with Crippen molar-refractivity contribution in [2.75, 3.05) is 31.5 Å². The van der Waals surface area contributed by atoms with Crippen LogP contribution in [0.15, 0.2) is 30.5 Å². The molecule has 0 radical (unpaired) electrons. The molecule has 4 heterocycles. The Morgan fingerprint density at radius 2 is 1.82 bits per heavy atom. The van der Waals surface area contributed by atoms with Crippen molar-refractivity contribution in [3.8, 4) is 11.1 Å². The van der Waals surface area contributed by atoms with Crippen LogP contribution in [0.1, 0.15) is 58.6 Å². The van der Waals surface area contributed by atoms with Crippen molar-refractivity contribution in [3.05, 3.63) is 36.2 Å². The number of carbonyl (C=O) groups is 2. The number of aromatic nitrogens is 4. The number of ether oxygens (including phenoxy) is 1. The standard InChI is InChI=1S/C30H39N7O3/c1-29(2,3)40-28(39)37-18-30(19-37)14-22(15-30)27(38)32-26-13-21-12-20(8-9-24(21)33-34-26)23-16-31-35(4)25(23)17-36-10-6-5-7-11-36/h8-9,12-13,16,22H,5-7,10-11,14-15,17-19H2,1-4H3,(H,32,34,38). The molecule has 1 aromatic carbocycles. The summed E-state index contributed by atoms with van der Waals surface area (Å²) >= 11 is 0. The predicted molar refractivity (Wildman–Crippen MR) is 152 cm³/mol. The van der Waals surface area contributed by atoms with Crippen LogP contribution in [0.2, 0.25) is 0 Å². The SMILES string of the molecule is Cn1ncc(-c2ccc3nnc(NC(=O)C4CC5(C4)CN(C(=O)OC(C)(C)C)C5)cc3c2)c1CN1CCCCC1. The van der Waals surface area contributed by atoms with Gasteiger partial charge in [-0.2, -0.15) is 5.10 Å². The second-order valence-electron chi connectivity index (χ2n) is 12.9. The molecule has 3 aliphatic rings. The van der Waals surface area contributed by atoms with Gasteiger partial charge in [0.25, 0.3) is 0 Å². The summed E-state index contributed by atoms with van der Waals surface area (Å²) in [6.07, 6.45) is 7.02. The van der Waals surface area contributed by atoms with Gasteiger partial charge in [-0.1, -0.05) is 12.5 Å². The first-order valence-corrected chi connectivity index (χ1v) is 14.4. The molecule has 6 rings (SSSR count). The van der Waals surface area contributed by atoms with Crippen molar-refractivity contribution in [1.29, 1.82) is 0 Å². The number of carbonyl (C=O) groups excluding carboxylic acids is 2. The molecule has 1 N–H and O–H groups in total. The summed E-state index contributed by atoms with van der Waals surface area (Å²) in [4.78, 5) is 29.5. The smallest absolute Gasteiger partial charge is 0.410 e. The van der Waals surface area contributed by atoms with Crippen LogP contribution < -0.4 is 5.32 Å². The van der Waals surface area contributed by atoms with E-state index in [2.05, 4.69) is 37.6 Å². The fourth-order valence-corrected chi connectivity index (χ4v) is 6.37. The zero-order valence-corrected chi connectivity index (χ0v) is 23.9. The first-order valence-electron chi connectivity index (χ1n) is 14.4. The lowest BCUT2D eigenvalue weighted by atomic mass is 9.57. The number of anilines is 1. The average Bonchev–Trinajstić information content (AvgIpc) is 3.21. The van der Waals surface area contributed by atoms with Gasteiger partial charge < -0.3 is 15.0 Å². The molecule has 212 valence electrons. The fourth-order valence-electron chi connectivity index (χ4n) is 6.37. The van der Waals surface area contributed by atoms with Crippen molar-refractivity contribution < 1.29 is 14.3 Å². The van der Waals surface area contributed by atoms with Gasteiger partial charge >= 0.3 is 6.09 Å². The zero-order valence-electron chi connectivity index (χ0n) is 23.9. The number of fused-ring (bicyclic) bond motifs is 1. The third-order valence-electron chi connectivity index (χ3n) is 8.46. The highest BCUT2D eigenvalue weighted by Gasteiger charge is 2.56. The lowest BCUT2D eigenvalue weighted by Crippen LogP contribution is -2.65. The average molecular weight is 546 g/mol. The summed E-state index contributed by atoms with van der Waals surface area (Å²) < 4.78 is 7.43. The van der Waals surface area contributed by atoms with E-state index in [1.807, 2.05) is 50.8 Å². The van der Waals surface area contributed by atoms with Crippen LogP contribution in [0.5, 0.6) is 0 Å². The summed E-state index contributed by atoms with van der Waals surface area (Å²) in [5.41, 5.74) is 3.73. The highest BCUT2D eigenvalue weighted by Crippen LogP contribution is 2.52. The molecule has 2 aliphatic heterocycles. The lowest BCUT2D eigenvalue weighted by molar-refractivity contribution is -0.137. The molecule has 40 heavy (non-hydrogen) atoms. The molecule has 2 amide bonds. The molecule has 1 saturated carbocycles. The van der Waals surface area contributed by atoms with E-state index in [0.717, 1.165) is 54.5 Å². The number of rotatable bonds is 5. The number of hydrogen-bond donors (Lipinski definition) is 1. The van der Waals surface area contributed by atoms with Gasteiger partial charge in [0.2, 0.25) is 5.91 Å². The highest BCUT2D eigenvalue weighted by molar-refractivity contribution is 5.94. The Labute approximate surface area is 235 Å². The van der Waals surface area contributed by atoms with Crippen LogP contribution in [-0.4, -0.2) is 73.6 Å². The Kier molecular flexibility index (Phi) is 6.76. The van der Waals surface area contributed by atoms with Gasteiger partial charge in [0.05, 0.1) is 17.4 Å². The molecular weight excluding hydrogens is 506 g/mol. The second kappa shape index (κ2) is 10.1. The summed E-state index contributed by atoms with van der Waals surface area (Å²) in [6.45, 7) is 10.1. The monoisotopic (exact) mass is 545 g/mol. The Bertz CT molecular complexity index is 1420. The number of nitrogens with one attached hydrogen (secondary N) is 1. The Morgan fingerprint density at radius 1 is 1.07 bits per heavy atom. The van der Waals surface area contributed by atoms with E-state index in [-0.39, 0.29) is 23.3 Å². The Balaban J connectivity index is 1.09. The highest BCUT2D eigenvalue weighted by atomic mass is 16.6. The molecule has 1 spiro atoms. The van der Waals surface area contributed by atoms with E-state index in [9.17, 15) is 9.59 Å². The quantitative estimate of drug-likeness (QED) is 0.499. The third kappa shape index (κ3) is 5.41. The largest absolute Gasteiger partial charge is 0.444 e. The van der Waals surface area contributed by atoms with Crippen LogP contribution in [-0.2, 0) is 23.1 Å². The number of amides is 2. The minimum Gasteiger partial charge on any atom is -0.444 e. The van der Waals surface area contributed by atoms with E-state index in [1.165, 1.54) is 25.0 Å². The maximum absolute atomic E-state index is 13.0. The molecule has 10 nitrogen and oxygen atoms in total. The number of benzene rings is 1. The fraction of sp³-hybridized carbons (Fsp3) is 0.567. The minimum atomic E-state index is -0.503. The third-order valence-corrected chi connectivity index (χ3v) is 8.46. The van der Waals surface area contributed by atoms with Crippen molar-refractivity contribution in [2.24, 2.45) is 18.4 Å². The molecule has 10 heteroatoms. The molecule has 0 atom stereocenters. The van der Waals surface area contributed by atoms with Gasteiger partial charge in [0.1, 0.15) is 5.60 Å². The van der Waals surface area contributed by atoms with Crippen molar-refractivity contribution in [2.45, 2.75) is 65.0 Å². The topological polar surface area (TPSA) is 105 Å². The van der Waals surface area contributed by atoms with Gasteiger partial charge in [-0.3, -0.25) is 14.4 Å². The van der Waals surface area contributed by atoms with E-state index in [1.54, 1.807) is 4.90 Å². The van der Waals surface area contributed by atoms with Gasteiger partial charge in [-0.15, -0.1) is 10.2 Å². The Hall–Kier alpha value is -3.53. The first-order chi connectivity index (χ1) is 19.1. The normalized spacial score (nSPS) is 19.4. The molecular formula is C30H39N7O3. The van der Waals surface area contributed by atoms with E-state index in [0.29, 0.717) is 18.9 Å². The number of hydrogen-bond acceptors (Lipinski definition) is 7. The maximum Gasteiger partial charge on any atom is 0.410 e. The summed E-state index contributed by atoms with van der Waals surface area (Å²) in [6, 6.07) is 8.05. The molecule has 0 unspecified atom stereocenters. The zero-order chi connectivity index (χ0) is 28.1. The van der Waals surface area contributed by atoms with Crippen LogP contribution in [0.25, 0.3) is 22.0 Å². The summed E-state index contributed by atoms with van der Waals surface area (Å²) in [5.74, 6) is 0.332. The van der Waals surface area contributed by atoms with E-state index >= 15 is 0 Å². The molecule has 2 aromatic heterocycles. The van der Waals surface area contributed by atoms with Crippen LogP contribution in [0.4, 0.5) is 10.6 Å². The van der Waals surface area contributed by atoms with Gasteiger partial charge in [-0.05, 0) is 83.3 Å². The number of likely N-dealkylation sites (tertiary alicyclic amines) is 2. The summed E-state index contributed by atoms with van der Waals surface area (Å²) in [7, 11) is 2.01. The minimum absolute atomic E-state index is 0.0396. The van der Waals surface area contributed by atoms with E-state index in [4.69, 9.17) is 4.74 Å². The Morgan fingerprint density at radius 3 is 2.55 bits per heavy atom. The van der Waals surface area contributed by atoms with E-state index < -0.39 is 5.60 Å². The lowest BCUT2D eigenvalue weighted by Gasteiger charge is -2.58. The predicted octanol–water partition coefficient (Wildman–Crippen LogP) is 4.60. The van der Waals surface area contributed by atoms with Crippen molar-refractivity contribution in [1.82, 2.24) is 29.8 Å². The number of nitrogens with zero attached hydrogens (tertiary/aromatic N) is 6. The molecule has 3 aromatic rings. The molecule has 0 bridgehead atoms. The van der Waals surface area contributed by atoms with Crippen LogP contribution in [0, 0.1) is 11.3 Å². The molecule has 3 fully saturated rings. The second-order valence-corrected chi connectivity index (χ2v) is 12.9. The van der Waals surface area contributed by atoms with Crippen LogP contribution >= 0.6 is 0 Å². The number of aryl methyl sites for hydroxylation is 1. The first kappa shape index (κ1) is 26.7. The van der Waals surface area contributed by atoms with Gasteiger partial charge in [0, 0.05) is 49.0 Å². The van der Waals surface area contributed by atoms with Crippen LogP contribution in [0.3, 0.4) is 0 Å². The van der Waals surface area contributed by atoms with Gasteiger partial charge in [0.15, 0.2) is 5.82 Å². The molecule has 1 aliphatic carbocycles.